The second kappa shape index (κ2) is 11.6. The number of nitrogens with one attached hydrogen (secondary N) is 1. The lowest BCUT2D eigenvalue weighted by Crippen LogP contribution is -2.47. The van der Waals surface area contributed by atoms with E-state index in [1.54, 1.807) is 17.9 Å². The number of hydrogen-bond acceptors (Lipinski definition) is 9. The van der Waals surface area contributed by atoms with Crippen LogP contribution in [0.5, 0.6) is 5.75 Å². The van der Waals surface area contributed by atoms with E-state index in [1.165, 1.54) is 30.5 Å². The molecule has 1 aliphatic carbocycles. The molecular weight excluding hydrogens is 588 g/mol. The number of fused-ring (bicyclic) bond motifs is 1. The first-order valence-corrected chi connectivity index (χ1v) is 16.4. The molecule has 0 spiro atoms. The Morgan fingerprint density at radius 1 is 1.14 bits per heavy atom. The van der Waals surface area contributed by atoms with Gasteiger partial charge in [0, 0.05) is 64.3 Å². The fourth-order valence-electron chi connectivity index (χ4n) is 6.63. The number of amides is 2. The van der Waals surface area contributed by atoms with Crippen molar-refractivity contribution in [3.63, 3.8) is 0 Å². The van der Waals surface area contributed by atoms with Gasteiger partial charge in [-0.3, -0.25) is 9.59 Å². The normalized spacial score (nSPS) is 21.8. The SMILES string of the molecule is CC(=O)N1CC=C(c2cc(N3CCC[C@@H](NC(=O)c4sc(Cl)cc4OC4CCN(C5CC5)CC4)C3)c3c(N)ncnn23)C1. The lowest BCUT2D eigenvalue weighted by Gasteiger charge is -2.34. The third-order valence-electron chi connectivity index (χ3n) is 9.06. The van der Waals surface area contributed by atoms with Crippen molar-refractivity contribution >= 4 is 57.3 Å². The summed E-state index contributed by atoms with van der Waals surface area (Å²) >= 11 is 7.66. The summed E-state index contributed by atoms with van der Waals surface area (Å²) in [6, 6.07) is 4.56. The number of nitrogens with two attached hydrogens (primary N) is 1. The summed E-state index contributed by atoms with van der Waals surface area (Å²) in [5, 5.41) is 7.77. The molecule has 3 fully saturated rings. The molecule has 0 aromatic carbocycles. The van der Waals surface area contributed by atoms with Crippen LogP contribution in [-0.4, -0.2) is 93.7 Å². The maximum absolute atomic E-state index is 13.6. The lowest BCUT2D eigenvalue weighted by molar-refractivity contribution is -0.127. The first kappa shape index (κ1) is 28.4. The van der Waals surface area contributed by atoms with Crippen LogP contribution >= 0.6 is 22.9 Å². The third kappa shape index (κ3) is 5.80. The number of likely N-dealkylation sites (tertiary alicyclic amines) is 1. The van der Waals surface area contributed by atoms with Gasteiger partial charge >= 0.3 is 0 Å². The summed E-state index contributed by atoms with van der Waals surface area (Å²) in [6.07, 6.45) is 9.94. The van der Waals surface area contributed by atoms with Gasteiger partial charge in [-0.1, -0.05) is 17.7 Å². The van der Waals surface area contributed by atoms with Crippen LogP contribution in [0.3, 0.4) is 0 Å². The van der Waals surface area contributed by atoms with Gasteiger partial charge in [-0.2, -0.15) is 5.10 Å². The van der Waals surface area contributed by atoms with Crippen LogP contribution in [0.25, 0.3) is 11.1 Å². The predicted molar refractivity (Wildman–Crippen MR) is 168 cm³/mol. The zero-order valence-corrected chi connectivity index (χ0v) is 25.9. The van der Waals surface area contributed by atoms with Gasteiger partial charge in [0.2, 0.25) is 5.91 Å². The van der Waals surface area contributed by atoms with E-state index in [9.17, 15) is 9.59 Å². The van der Waals surface area contributed by atoms with Crippen molar-refractivity contribution in [2.24, 2.45) is 0 Å². The molecule has 7 rings (SSSR count). The molecule has 43 heavy (non-hydrogen) atoms. The Balaban J connectivity index is 1.06. The summed E-state index contributed by atoms with van der Waals surface area (Å²) in [4.78, 5) is 36.9. The Morgan fingerprint density at radius 2 is 1.95 bits per heavy atom. The number of thiophene rings is 1. The van der Waals surface area contributed by atoms with E-state index in [1.807, 2.05) is 4.52 Å². The number of aromatic nitrogens is 3. The fourth-order valence-corrected chi connectivity index (χ4v) is 7.68. The van der Waals surface area contributed by atoms with E-state index in [0.717, 1.165) is 73.8 Å². The summed E-state index contributed by atoms with van der Waals surface area (Å²) in [5.41, 5.74) is 9.97. The Hall–Kier alpha value is -3.35. The number of piperidine rings is 2. The smallest absolute Gasteiger partial charge is 0.265 e. The second-order valence-electron chi connectivity index (χ2n) is 12.0. The van der Waals surface area contributed by atoms with E-state index < -0.39 is 0 Å². The average Bonchev–Trinajstić information content (AvgIpc) is 3.40. The maximum atomic E-state index is 13.6. The van der Waals surface area contributed by atoms with Crippen LogP contribution in [0.4, 0.5) is 11.5 Å². The van der Waals surface area contributed by atoms with Crippen LogP contribution in [0.2, 0.25) is 4.34 Å². The first-order valence-electron chi connectivity index (χ1n) is 15.2. The second-order valence-corrected chi connectivity index (χ2v) is 13.7. The van der Waals surface area contributed by atoms with Crippen molar-refractivity contribution < 1.29 is 14.3 Å². The molecule has 3 aromatic rings. The molecule has 2 saturated heterocycles. The van der Waals surface area contributed by atoms with Crippen molar-refractivity contribution in [1.29, 1.82) is 0 Å². The summed E-state index contributed by atoms with van der Waals surface area (Å²) < 4.78 is 8.73. The Labute approximate surface area is 259 Å². The first-order chi connectivity index (χ1) is 20.8. The zero-order chi connectivity index (χ0) is 29.7. The maximum Gasteiger partial charge on any atom is 0.265 e. The molecule has 3 N–H and O–H groups in total. The van der Waals surface area contributed by atoms with E-state index in [4.69, 9.17) is 22.1 Å². The van der Waals surface area contributed by atoms with Gasteiger partial charge in [-0.25, -0.2) is 9.50 Å². The van der Waals surface area contributed by atoms with E-state index in [-0.39, 0.29) is 24.0 Å². The molecule has 6 heterocycles. The Bertz CT molecular complexity index is 1570. The standard InChI is InChI=1S/C30H37ClN8O3S/c1-18(40)37-10-6-19(15-37)23-13-24(27-29(32)33-17-34-39(23)27)38-9-2-3-20(16-38)35-30(41)28-25(14-26(31)43-28)42-22-7-11-36(12-8-22)21-4-5-21/h6,13-14,17,20-22H,2-5,7-12,15-16H2,1H3,(H,35,41)(H2,32,33,34)/t20-/m1/s1. The van der Waals surface area contributed by atoms with Crippen molar-refractivity contribution in [2.45, 2.75) is 63.6 Å². The molecule has 11 nitrogen and oxygen atoms in total. The van der Waals surface area contributed by atoms with Gasteiger partial charge in [-0.05, 0) is 50.2 Å². The van der Waals surface area contributed by atoms with E-state index >= 15 is 0 Å². The molecular formula is C30H37ClN8O3S. The van der Waals surface area contributed by atoms with Gasteiger partial charge in [0.1, 0.15) is 28.6 Å². The minimum Gasteiger partial charge on any atom is -0.489 e. The molecule has 0 bridgehead atoms. The van der Waals surface area contributed by atoms with Gasteiger partial charge in [0.15, 0.2) is 5.82 Å². The molecule has 0 unspecified atom stereocenters. The predicted octanol–water partition coefficient (Wildman–Crippen LogP) is 3.68. The van der Waals surface area contributed by atoms with Crippen molar-refractivity contribution in [1.82, 2.24) is 29.7 Å². The Morgan fingerprint density at radius 3 is 2.70 bits per heavy atom. The largest absolute Gasteiger partial charge is 0.489 e. The van der Waals surface area contributed by atoms with Crippen molar-refractivity contribution in [3.8, 4) is 5.75 Å². The molecule has 13 heteroatoms. The van der Waals surface area contributed by atoms with Gasteiger partial charge in [0.05, 0.1) is 15.7 Å². The number of anilines is 2. The molecule has 0 radical (unpaired) electrons. The molecule has 1 saturated carbocycles. The monoisotopic (exact) mass is 624 g/mol. The highest BCUT2D eigenvalue weighted by molar-refractivity contribution is 7.18. The molecule has 2 amide bonds. The summed E-state index contributed by atoms with van der Waals surface area (Å²) in [6.45, 7) is 6.21. The van der Waals surface area contributed by atoms with Crippen LogP contribution in [0.15, 0.2) is 24.5 Å². The van der Waals surface area contributed by atoms with E-state index in [0.29, 0.717) is 40.4 Å². The molecule has 1 atom stereocenters. The van der Waals surface area contributed by atoms with Crippen molar-refractivity contribution in [3.05, 3.63) is 39.4 Å². The highest BCUT2D eigenvalue weighted by Crippen LogP contribution is 2.37. The highest BCUT2D eigenvalue weighted by atomic mass is 35.5. The molecule has 3 aliphatic heterocycles. The van der Waals surface area contributed by atoms with Crippen LogP contribution in [-0.2, 0) is 4.79 Å². The number of hydrogen-bond donors (Lipinski definition) is 2. The minimum atomic E-state index is -0.153. The third-order valence-corrected chi connectivity index (χ3v) is 10.3. The molecule has 228 valence electrons. The Kier molecular flexibility index (Phi) is 7.68. The number of carbonyl (C=O) groups is 2. The number of ether oxygens (including phenoxy) is 1. The number of carbonyl (C=O) groups excluding carboxylic acids is 2. The highest BCUT2D eigenvalue weighted by Gasteiger charge is 2.33. The van der Waals surface area contributed by atoms with Gasteiger partial charge < -0.3 is 30.5 Å². The quantitative estimate of drug-likeness (QED) is 0.408. The average molecular weight is 625 g/mol. The van der Waals surface area contributed by atoms with Gasteiger partial charge in [0.25, 0.3) is 5.91 Å². The van der Waals surface area contributed by atoms with Gasteiger partial charge in [-0.15, -0.1) is 11.3 Å². The minimum absolute atomic E-state index is 0.0376. The topological polar surface area (TPSA) is 121 Å². The van der Waals surface area contributed by atoms with Crippen LogP contribution in [0.1, 0.15) is 60.8 Å². The van der Waals surface area contributed by atoms with Crippen molar-refractivity contribution in [2.75, 3.05) is 49.9 Å². The lowest BCUT2D eigenvalue weighted by atomic mass is 10.0. The zero-order valence-electron chi connectivity index (χ0n) is 24.3. The fraction of sp³-hybridized carbons (Fsp3) is 0.533. The van der Waals surface area contributed by atoms with Crippen LogP contribution < -0.4 is 20.7 Å². The summed E-state index contributed by atoms with van der Waals surface area (Å²) in [7, 11) is 0. The number of nitrogen functional groups attached to an aromatic ring is 1. The number of halogens is 1. The molecule has 3 aromatic heterocycles. The number of rotatable bonds is 7. The number of nitrogens with zero attached hydrogens (tertiary/aromatic N) is 6. The molecule has 4 aliphatic rings. The van der Waals surface area contributed by atoms with E-state index in [2.05, 4.69) is 37.3 Å². The van der Waals surface area contributed by atoms with Crippen LogP contribution in [0, 0.1) is 0 Å². The summed E-state index contributed by atoms with van der Waals surface area (Å²) in [5.74, 6) is 0.861.